The van der Waals surface area contributed by atoms with Gasteiger partial charge < -0.3 is 9.73 Å². The number of oxazole rings is 1. The third-order valence-electron chi connectivity index (χ3n) is 4.24. The van der Waals surface area contributed by atoms with Crippen molar-refractivity contribution in [1.82, 2.24) is 10.3 Å². The van der Waals surface area contributed by atoms with Crippen LogP contribution in [0.5, 0.6) is 0 Å². The van der Waals surface area contributed by atoms with Crippen LogP contribution in [0.2, 0.25) is 0 Å². The van der Waals surface area contributed by atoms with Gasteiger partial charge in [0.15, 0.2) is 11.7 Å². The van der Waals surface area contributed by atoms with Crippen molar-refractivity contribution in [2.24, 2.45) is 5.14 Å². The number of benzene rings is 2. The fourth-order valence-corrected chi connectivity index (χ4v) is 3.31. The Hall–Kier alpha value is -2.97. The van der Waals surface area contributed by atoms with Gasteiger partial charge in [0, 0.05) is 18.4 Å². The number of aromatic nitrogens is 1. The molecule has 2 aromatic carbocycles. The van der Waals surface area contributed by atoms with Crippen LogP contribution < -0.4 is 10.5 Å². The Labute approximate surface area is 163 Å². The third-order valence-corrected chi connectivity index (χ3v) is 5.15. The van der Waals surface area contributed by atoms with E-state index in [2.05, 4.69) is 10.3 Å². The van der Waals surface area contributed by atoms with Gasteiger partial charge in [-0.05, 0) is 24.6 Å². The standard InChI is InChI=1S/C20H21N3O4S/c1-14(16-8-5-9-17(12-16)28(21,25)26)23-19(24)10-11-20-22-13-18(27-20)15-6-3-2-4-7-15/h2-9,12-14H,10-11H2,1H3,(H,23,24)(H2,21,25,26). The highest BCUT2D eigenvalue weighted by Crippen LogP contribution is 2.20. The molecule has 7 nitrogen and oxygen atoms in total. The summed E-state index contributed by atoms with van der Waals surface area (Å²) in [5.41, 5.74) is 1.58. The van der Waals surface area contributed by atoms with E-state index in [1.807, 2.05) is 30.3 Å². The lowest BCUT2D eigenvalue weighted by molar-refractivity contribution is -0.121. The van der Waals surface area contributed by atoms with Gasteiger partial charge in [-0.15, -0.1) is 0 Å². The van der Waals surface area contributed by atoms with E-state index in [1.54, 1.807) is 25.3 Å². The van der Waals surface area contributed by atoms with Crippen LogP contribution in [0.3, 0.4) is 0 Å². The molecule has 1 heterocycles. The van der Waals surface area contributed by atoms with E-state index < -0.39 is 10.0 Å². The Morgan fingerprint density at radius 1 is 1.18 bits per heavy atom. The molecule has 1 atom stereocenters. The lowest BCUT2D eigenvalue weighted by atomic mass is 10.1. The van der Waals surface area contributed by atoms with E-state index in [9.17, 15) is 13.2 Å². The van der Waals surface area contributed by atoms with E-state index in [-0.39, 0.29) is 23.3 Å². The average molecular weight is 399 g/mol. The molecule has 1 unspecified atom stereocenters. The number of aryl methyl sites for hydroxylation is 1. The predicted molar refractivity (Wildman–Crippen MR) is 105 cm³/mol. The van der Waals surface area contributed by atoms with E-state index in [0.29, 0.717) is 23.6 Å². The monoisotopic (exact) mass is 399 g/mol. The molecule has 0 fully saturated rings. The molecule has 146 valence electrons. The molecule has 0 saturated heterocycles. The number of carbonyl (C=O) groups is 1. The molecule has 0 saturated carbocycles. The molecule has 0 aliphatic rings. The van der Waals surface area contributed by atoms with Crippen LogP contribution in [-0.4, -0.2) is 19.3 Å². The highest BCUT2D eigenvalue weighted by atomic mass is 32.2. The highest BCUT2D eigenvalue weighted by Gasteiger charge is 2.14. The van der Waals surface area contributed by atoms with Gasteiger partial charge in [-0.3, -0.25) is 4.79 Å². The van der Waals surface area contributed by atoms with Gasteiger partial charge in [0.2, 0.25) is 15.9 Å². The SMILES string of the molecule is CC(NC(=O)CCc1ncc(-c2ccccc2)o1)c1cccc(S(N)(=O)=O)c1. The number of primary sulfonamides is 1. The van der Waals surface area contributed by atoms with Crippen LogP contribution in [0.15, 0.2) is 70.1 Å². The predicted octanol–water partition coefficient (Wildman–Crippen LogP) is 2.80. The van der Waals surface area contributed by atoms with Gasteiger partial charge in [0.1, 0.15) is 0 Å². The summed E-state index contributed by atoms with van der Waals surface area (Å²) in [6.07, 6.45) is 2.21. The molecule has 1 amide bonds. The average Bonchev–Trinajstić information content (AvgIpc) is 3.15. The molecular weight excluding hydrogens is 378 g/mol. The van der Waals surface area contributed by atoms with Crippen molar-refractivity contribution in [2.75, 3.05) is 0 Å². The van der Waals surface area contributed by atoms with Crippen LogP contribution >= 0.6 is 0 Å². The second kappa shape index (κ2) is 8.37. The molecule has 3 rings (SSSR count). The number of hydrogen-bond donors (Lipinski definition) is 2. The number of rotatable bonds is 7. The Bertz CT molecular complexity index is 1060. The first-order valence-corrected chi connectivity index (χ1v) is 10.3. The van der Waals surface area contributed by atoms with Crippen molar-refractivity contribution >= 4 is 15.9 Å². The molecule has 3 aromatic rings. The van der Waals surface area contributed by atoms with E-state index in [4.69, 9.17) is 9.56 Å². The van der Waals surface area contributed by atoms with Gasteiger partial charge in [-0.1, -0.05) is 42.5 Å². The van der Waals surface area contributed by atoms with Gasteiger partial charge in [-0.25, -0.2) is 18.5 Å². The fraction of sp³-hybridized carbons (Fsp3) is 0.200. The normalized spacial score (nSPS) is 12.5. The molecule has 3 N–H and O–H groups in total. The first kappa shape index (κ1) is 19.8. The van der Waals surface area contributed by atoms with Gasteiger partial charge in [0.05, 0.1) is 17.1 Å². The Morgan fingerprint density at radius 3 is 2.64 bits per heavy atom. The number of nitrogens with two attached hydrogens (primary N) is 1. The minimum Gasteiger partial charge on any atom is -0.441 e. The Balaban J connectivity index is 1.57. The number of amides is 1. The minimum atomic E-state index is -3.79. The first-order chi connectivity index (χ1) is 13.3. The molecule has 28 heavy (non-hydrogen) atoms. The second-order valence-corrected chi connectivity index (χ2v) is 7.95. The summed E-state index contributed by atoms with van der Waals surface area (Å²) in [5.74, 6) is 0.954. The van der Waals surface area contributed by atoms with Crippen molar-refractivity contribution in [2.45, 2.75) is 30.7 Å². The summed E-state index contributed by atoms with van der Waals surface area (Å²) in [4.78, 5) is 16.5. The van der Waals surface area contributed by atoms with E-state index >= 15 is 0 Å². The van der Waals surface area contributed by atoms with Crippen molar-refractivity contribution in [3.05, 3.63) is 72.2 Å². The first-order valence-electron chi connectivity index (χ1n) is 8.75. The largest absolute Gasteiger partial charge is 0.441 e. The van der Waals surface area contributed by atoms with Crippen LogP contribution in [0.4, 0.5) is 0 Å². The smallest absolute Gasteiger partial charge is 0.238 e. The maximum Gasteiger partial charge on any atom is 0.238 e. The zero-order chi connectivity index (χ0) is 20.1. The topological polar surface area (TPSA) is 115 Å². The van der Waals surface area contributed by atoms with Crippen LogP contribution in [0.25, 0.3) is 11.3 Å². The van der Waals surface area contributed by atoms with Crippen LogP contribution in [-0.2, 0) is 21.2 Å². The Kier molecular flexibility index (Phi) is 5.91. The number of sulfonamides is 1. The van der Waals surface area contributed by atoms with Crippen molar-refractivity contribution < 1.29 is 17.6 Å². The number of hydrogen-bond acceptors (Lipinski definition) is 5. The third kappa shape index (κ3) is 5.05. The van der Waals surface area contributed by atoms with E-state index in [1.165, 1.54) is 12.1 Å². The fourth-order valence-electron chi connectivity index (χ4n) is 2.74. The summed E-state index contributed by atoms with van der Waals surface area (Å²) in [7, 11) is -3.79. The summed E-state index contributed by atoms with van der Waals surface area (Å²) < 4.78 is 28.6. The molecule has 1 aromatic heterocycles. The maximum atomic E-state index is 12.2. The second-order valence-electron chi connectivity index (χ2n) is 6.39. The van der Waals surface area contributed by atoms with Gasteiger partial charge in [-0.2, -0.15) is 0 Å². The molecule has 0 bridgehead atoms. The summed E-state index contributed by atoms with van der Waals surface area (Å²) in [6.45, 7) is 1.78. The van der Waals surface area contributed by atoms with E-state index in [0.717, 1.165) is 5.56 Å². The lowest BCUT2D eigenvalue weighted by Gasteiger charge is -2.15. The lowest BCUT2D eigenvalue weighted by Crippen LogP contribution is -2.27. The van der Waals surface area contributed by atoms with Crippen molar-refractivity contribution in [3.8, 4) is 11.3 Å². The summed E-state index contributed by atoms with van der Waals surface area (Å²) in [5, 5.41) is 7.99. The molecule has 0 spiro atoms. The maximum absolute atomic E-state index is 12.2. The van der Waals surface area contributed by atoms with Gasteiger partial charge in [0.25, 0.3) is 0 Å². The van der Waals surface area contributed by atoms with Crippen molar-refractivity contribution in [1.29, 1.82) is 0 Å². The highest BCUT2D eigenvalue weighted by molar-refractivity contribution is 7.89. The zero-order valence-corrected chi connectivity index (χ0v) is 16.1. The number of carbonyl (C=O) groups excluding carboxylic acids is 1. The van der Waals surface area contributed by atoms with Crippen molar-refractivity contribution in [3.63, 3.8) is 0 Å². The van der Waals surface area contributed by atoms with Gasteiger partial charge >= 0.3 is 0 Å². The molecule has 0 aliphatic carbocycles. The number of nitrogens with one attached hydrogen (secondary N) is 1. The molecule has 8 heteroatoms. The molecule has 0 aliphatic heterocycles. The quantitative estimate of drug-likeness (QED) is 0.634. The van der Waals surface area contributed by atoms with Crippen LogP contribution in [0.1, 0.15) is 30.8 Å². The summed E-state index contributed by atoms with van der Waals surface area (Å²) >= 11 is 0. The molecule has 0 radical (unpaired) electrons. The Morgan fingerprint density at radius 2 is 1.93 bits per heavy atom. The minimum absolute atomic E-state index is 0.0133. The zero-order valence-electron chi connectivity index (χ0n) is 15.3. The molecular formula is C20H21N3O4S. The van der Waals surface area contributed by atoms with Crippen LogP contribution in [0, 0.1) is 0 Å². The number of nitrogens with zero attached hydrogens (tertiary/aromatic N) is 1. The summed E-state index contributed by atoms with van der Waals surface area (Å²) in [6, 6.07) is 15.4.